The highest BCUT2D eigenvalue weighted by atomic mass is 16.3. The van der Waals surface area contributed by atoms with Crippen LogP contribution in [-0.4, -0.2) is 51.2 Å². The molecule has 1 amide bonds. The number of amides is 1. The Morgan fingerprint density at radius 3 is 2.96 bits per heavy atom. The molecule has 126 valence electrons. The number of aromatic nitrogens is 3. The highest BCUT2D eigenvalue weighted by Crippen LogP contribution is 2.24. The van der Waals surface area contributed by atoms with Crippen molar-refractivity contribution in [2.24, 2.45) is 0 Å². The van der Waals surface area contributed by atoms with Gasteiger partial charge in [0.25, 0.3) is 5.91 Å². The van der Waals surface area contributed by atoms with Gasteiger partial charge in [0.2, 0.25) is 0 Å². The summed E-state index contributed by atoms with van der Waals surface area (Å²) in [5, 5.41) is 13.6. The highest BCUT2D eigenvalue weighted by molar-refractivity contribution is 5.92. The van der Waals surface area contributed by atoms with Gasteiger partial charge in [-0.2, -0.15) is 0 Å². The maximum absolute atomic E-state index is 12.2. The number of anilines is 1. The molecule has 2 N–H and O–H groups in total. The van der Waals surface area contributed by atoms with Gasteiger partial charge in [-0.1, -0.05) is 6.07 Å². The Morgan fingerprint density at radius 1 is 1.33 bits per heavy atom. The van der Waals surface area contributed by atoms with Crippen LogP contribution in [0.1, 0.15) is 29.2 Å². The monoisotopic (exact) mass is 327 g/mol. The standard InChI is InChI=1S/C17H21N5O2/c1-13-18-9-6-14(21-13)16(23)20-11-17(24)7-4-10-22(12-17)15-5-2-3-8-19-15/h2-3,5-6,8-9,24H,4,7,10-12H2,1H3,(H,20,23)/t17-/m1/s1. The molecule has 1 saturated heterocycles. The predicted octanol–water partition coefficient (Wildman–Crippen LogP) is 0.941. The molecule has 0 aromatic carbocycles. The van der Waals surface area contributed by atoms with E-state index in [1.165, 1.54) is 0 Å². The number of nitrogens with zero attached hydrogens (tertiary/aromatic N) is 4. The van der Waals surface area contributed by atoms with Gasteiger partial charge in [0.05, 0.1) is 5.60 Å². The molecule has 0 bridgehead atoms. The van der Waals surface area contributed by atoms with Crippen molar-refractivity contribution in [2.75, 3.05) is 24.5 Å². The van der Waals surface area contributed by atoms with Crippen LogP contribution in [0, 0.1) is 6.92 Å². The van der Waals surface area contributed by atoms with E-state index in [0.29, 0.717) is 24.5 Å². The number of nitrogens with one attached hydrogen (secondary N) is 1. The summed E-state index contributed by atoms with van der Waals surface area (Å²) in [6, 6.07) is 7.28. The van der Waals surface area contributed by atoms with Crippen LogP contribution in [0.25, 0.3) is 0 Å². The van der Waals surface area contributed by atoms with Crippen molar-refractivity contribution in [3.8, 4) is 0 Å². The van der Waals surface area contributed by atoms with Gasteiger partial charge in [-0.25, -0.2) is 15.0 Å². The van der Waals surface area contributed by atoms with Crippen LogP contribution in [-0.2, 0) is 0 Å². The summed E-state index contributed by atoms with van der Waals surface area (Å²) in [4.78, 5) is 26.6. The Bertz CT molecular complexity index is 709. The molecule has 1 aliphatic rings. The number of aliphatic hydroxyl groups is 1. The van der Waals surface area contributed by atoms with Crippen molar-refractivity contribution in [3.05, 3.63) is 48.2 Å². The van der Waals surface area contributed by atoms with E-state index < -0.39 is 5.60 Å². The molecule has 1 atom stereocenters. The second-order valence-corrected chi connectivity index (χ2v) is 6.11. The van der Waals surface area contributed by atoms with Gasteiger partial charge >= 0.3 is 0 Å². The Balaban J connectivity index is 1.62. The van der Waals surface area contributed by atoms with Crippen LogP contribution in [0.15, 0.2) is 36.7 Å². The number of aryl methyl sites for hydroxylation is 1. The maximum atomic E-state index is 12.2. The van der Waals surface area contributed by atoms with Crippen molar-refractivity contribution >= 4 is 11.7 Å². The van der Waals surface area contributed by atoms with Gasteiger partial charge in [-0.05, 0) is 38.0 Å². The summed E-state index contributed by atoms with van der Waals surface area (Å²) in [6.07, 6.45) is 4.77. The Kier molecular flexibility index (Phi) is 4.71. The zero-order valence-electron chi connectivity index (χ0n) is 13.6. The molecule has 2 aromatic heterocycles. The molecule has 24 heavy (non-hydrogen) atoms. The SMILES string of the molecule is Cc1nccc(C(=O)NC[C@]2(O)CCCN(c3ccccn3)C2)n1. The first-order chi connectivity index (χ1) is 11.6. The largest absolute Gasteiger partial charge is 0.386 e. The third-order valence-electron chi connectivity index (χ3n) is 4.12. The number of rotatable bonds is 4. The molecular formula is C17H21N5O2. The van der Waals surface area contributed by atoms with E-state index in [4.69, 9.17) is 0 Å². The van der Waals surface area contributed by atoms with Gasteiger partial charge < -0.3 is 15.3 Å². The molecule has 0 unspecified atom stereocenters. The van der Waals surface area contributed by atoms with Crippen LogP contribution < -0.4 is 10.2 Å². The Hall–Kier alpha value is -2.54. The second kappa shape index (κ2) is 6.92. The Morgan fingerprint density at radius 2 is 2.21 bits per heavy atom. The normalized spacial score (nSPS) is 20.7. The lowest BCUT2D eigenvalue weighted by Crippen LogP contribution is -2.54. The van der Waals surface area contributed by atoms with E-state index in [9.17, 15) is 9.90 Å². The fourth-order valence-corrected chi connectivity index (χ4v) is 2.91. The Labute approximate surface area is 140 Å². The zero-order valence-corrected chi connectivity index (χ0v) is 13.6. The number of carbonyl (C=O) groups is 1. The van der Waals surface area contributed by atoms with Gasteiger partial charge in [0.1, 0.15) is 17.3 Å². The fraction of sp³-hybridized carbons (Fsp3) is 0.412. The fourth-order valence-electron chi connectivity index (χ4n) is 2.91. The van der Waals surface area contributed by atoms with Crippen LogP contribution in [0.3, 0.4) is 0 Å². The van der Waals surface area contributed by atoms with E-state index in [2.05, 4.69) is 20.3 Å². The van der Waals surface area contributed by atoms with Crippen molar-refractivity contribution < 1.29 is 9.90 Å². The molecule has 0 aliphatic carbocycles. The smallest absolute Gasteiger partial charge is 0.270 e. The van der Waals surface area contributed by atoms with E-state index in [-0.39, 0.29) is 12.5 Å². The first kappa shape index (κ1) is 16.3. The average molecular weight is 327 g/mol. The number of pyridine rings is 1. The molecule has 7 nitrogen and oxygen atoms in total. The van der Waals surface area contributed by atoms with Gasteiger partial charge in [0.15, 0.2) is 0 Å². The van der Waals surface area contributed by atoms with Crippen molar-refractivity contribution in [1.82, 2.24) is 20.3 Å². The summed E-state index contributed by atoms with van der Waals surface area (Å²) < 4.78 is 0. The zero-order chi connectivity index (χ0) is 17.0. The molecule has 3 rings (SSSR count). The summed E-state index contributed by atoms with van der Waals surface area (Å²) in [6.45, 7) is 3.19. The highest BCUT2D eigenvalue weighted by Gasteiger charge is 2.34. The first-order valence-corrected chi connectivity index (χ1v) is 8.02. The third kappa shape index (κ3) is 3.86. The van der Waals surface area contributed by atoms with Gasteiger partial charge in [-0.3, -0.25) is 4.79 Å². The molecule has 3 heterocycles. The molecular weight excluding hydrogens is 306 g/mol. The van der Waals surface area contributed by atoms with Crippen molar-refractivity contribution in [3.63, 3.8) is 0 Å². The molecule has 1 aliphatic heterocycles. The second-order valence-electron chi connectivity index (χ2n) is 6.11. The van der Waals surface area contributed by atoms with Crippen LogP contribution in [0.2, 0.25) is 0 Å². The topological polar surface area (TPSA) is 91.2 Å². The van der Waals surface area contributed by atoms with E-state index in [1.807, 2.05) is 23.1 Å². The molecule has 0 radical (unpaired) electrons. The summed E-state index contributed by atoms with van der Waals surface area (Å²) in [5.41, 5.74) is -0.670. The number of hydrogen-bond acceptors (Lipinski definition) is 6. The summed E-state index contributed by atoms with van der Waals surface area (Å²) in [7, 11) is 0. The number of β-amino-alcohol motifs (C(OH)–C–C–N with tert-alkyl or cyclic N) is 1. The van der Waals surface area contributed by atoms with E-state index >= 15 is 0 Å². The number of carbonyl (C=O) groups excluding carboxylic acids is 1. The van der Waals surface area contributed by atoms with Crippen molar-refractivity contribution in [1.29, 1.82) is 0 Å². The molecule has 0 saturated carbocycles. The average Bonchev–Trinajstić information content (AvgIpc) is 2.60. The lowest BCUT2D eigenvalue weighted by molar-refractivity contribution is 0.0254. The lowest BCUT2D eigenvalue weighted by atomic mass is 9.92. The predicted molar refractivity (Wildman–Crippen MR) is 89.7 cm³/mol. The van der Waals surface area contributed by atoms with E-state index in [0.717, 1.165) is 18.8 Å². The van der Waals surface area contributed by atoms with Crippen LogP contribution in [0.4, 0.5) is 5.82 Å². The lowest BCUT2D eigenvalue weighted by Gasteiger charge is -2.39. The summed E-state index contributed by atoms with van der Waals surface area (Å²) in [5.74, 6) is 1.08. The third-order valence-corrected chi connectivity index (χ3v) is 4.12. The van der Waals surface area contributed by atoms with Gasteiger partial charge in [0, 0.05) is 32.0 Å². The molecule has 7 heteroatoms. The first-order valence-electron chi connectivity index (χ1n) is 8.02. The van der Waals surface area contributed by atoms with Crippen LogP contribution in [0.5, 0.6) is 0 Å². The number of hydrogen-bond donors (Lipinski definition) is 2. The maximum Gasteiger partial charge on any atom is 0.270 e. The minimum atomic E-state index is -0.979. The van der Waals surface area contributed by atoms with Crippen LogP contribution >= 0.6 is 0 Å². The minimum absolute atomic E-state index is 0.179. The quantitative estimate of drug-likeness (QED) is 0.868. The molecule has 1 fully saturated rings. The van der Waals surface area contributed by atoms with Crippen molar-refractivity contribution in [2.45, 2.75) is 25.4 Å². The van der Waals surface area contributed by atoms with Gasteiger partial charge in [-0.15, -0.1) is 0 Å². The molecule has 2 aromatic rings. The minimum Gasteiger partial charge on any atom is -0.386 e. The number of piperidine rings is 1. The summed E-state index contributed by atoms with van der Waals surface area (Å²) >= 11 is 0. The van der Waals surface area contributed by atoms with E-state index in [1.54, 1.807) is 25.4 Å². The molecule has 0 spiro atoms.